The van der Waals surface area contributed by atoms with Crippen molar-refractivity contribution < 1.29 is 23.9 Å². The molecular formula is C20H18ClN3O5. The standard InChI is InChI=1S/C20H18ClN3O5/c21-14-3-1-2-12(8-14)19(26)22-23-20(27)13-9-18(25)24(11-13)15-4-5-16-17(10-15)29-7-6-28-16/h1-5,8,10,13H,6-7,9,11H2,(H,22,26)(H,23,27)/t13-/m0/s1. The Bertz CT molecular complexity index is 980. The van der Waals surface area contributed by atoms with Gasteiger partial charge >= 0.3 is 0 Å². The molecule has 1 atom stereocenters. The first-order chi connectivity index (χ1) is 14.0. The van der Waals surface area contributed by atoms with Crippen LogP contribution >= 0.6 is 11.6 Å². The summed E-state index contributed by atoms with van der Waals surface area (Å²) in [4.78, 5) is 38.5. The van der Waals surface area contributed by atoms with Crippen LogP contribution in [0, 0.1) is 5.92 Å². The zero-order chi connectivity index (χ0) is 20.4. The molecule has 0 radical (unpaired) electrons. The van der Waals surface area contributed by atoms with Crippen molar-refractivity contribution >= 4 is 35.0 Å². The van der Waals surface area contributed by atoms with Gasteiger partial charge in [-0.3, -0.25) is 25.2 Å². The van der Waals surface area contributed by atoms with Crippen LogP contribution in [-0.2, 0) is 9.59 Å². The Morgan fingerprint density at radius 3 is 2.62 bits per heavy atom. The van der Waals surface area contributed by atoms with Crippen molar-refractivity contribution in [1.29, 1.82) is 0 Å². The molecule has 150 valence electrons. The SMILES string of the molecule is O=C(NNC(=O)[C@H]1CC(=O)N(c2ccc3c(c2)OCCO3)C1)c1cccc(Cl)c1. The quantitative estimate of drug-likeness (QED) is 0.746. The van der Waals surface area contributed by atoms with E-state index in [9.17, 15) is 14.4 Å². The molecule has 0 saturated carbocycles. The average Bonchev–Trinajstić information content (AvgIpc) is 3.13. The van der Waals surface area contributed by atoms with Crippen LogP contribution in [0.15, 0.2) is 42.5 Å². The fourth-order valence-corrected chi connectivity index (χ4v) is 3.45. The fraction of sp³-hybridized carbons (Fsp3) is 0.250. The van der Waals surface area contributed by atoms with Crippen LogP contribution in [0.25, 0.3) is 0 Å². The lowest BCUT2D eigenvalue weighted by Gasteiger charge is -2.22. The van der Waals surface area contributed by atoms with Gasteiger partial charge in [0.25, 0.3) is 5.91 Å². The number of anilines is 1. The van der Waals surface area contributed by atoms with Crippen LogP contribution in [0.2, 0.25) is 5.02 Å². The van der Waals surface area contributed by atoms with E-state index < -0.39 is 17.7 Å². The van der Waals surface area contributed by atoms with Gasteiger partial charge in [-0.25, -0.2) is 0 Å². The second kappa shape index (κ2) is 8.00. The Labute approximate surface area is 171 Å². The molecule has 9 heteroatoms. The number of hydrogen-bond acceptors (Lipinski definition) is 5. The van der Waals surface area contributed by atoms with Gasteiger partial charge in [-0.05, 0) is 30.3 Å². The molecule has 2 aliphatic heterocycles. The molecular weight excluding hydrogens is 398 g/mol. The summed E-state index contributed by atoms with van der Waals surface area (Å²) in [5.41, 5.74) is 5.68. The number of hydrogen-bond donors (Lipinski definition) is 2. The van der Waals surface area contributed by atoms with Gasteiger partial charge < -0.3 is 14.4 Å². The van der Waals surface area contributed by atoms with E-state index in [2.05, 4.69) is 10.9 Å². The van der Waals surface area contributed by atoms with E-state index in [4.69, 9.17) is 21.1 Å². The Morgan fingerprint density at radius 2 is 1.83 bits per heavy atom. The third-order valence-corrected chi connectivity index (χ3v) is 4.95. The van der Waals surface area contributed by atoms with Crippen LogP contribution in [0.5, 0.6) is 11.5 Å². The predicted molar refractivity (Wildman–Crippen MR) is 105 cm³/mol. The smallest absolute Gasteiger partial charge is 0.269 e. The van der Waals surface area contributed by atoms with Gasteiger partial charge in [0.1, 0.15) is 13.2 Å². The molecule has 0 spiro atoms. The average molecular weight is 416 g/mol. The minimum atomic E-state index is -0.588. The fourth-order valence-electron chi connectivity index (χ4n) is 3.25. The number of rotatable bonds is 3. The molecule has 2 heterocycles. The predicted octanol–water partition coefficient (Wildman–Crippen LogP) is 1.93. The molecule has 2 aromatic carbocycles. The first-order valence-electron chi connectivity index (χ1n) is 9.07. The Kier molecular flexibility index (Phi) is 5.26. The van der Waals surface area contributed by atoms with Crippen LogP contribution in [-0.4, -0.2) is 37.5 Å². The maximum Gasteiger partial charge on any atom is 0.269 e. The number of fused-ring (bicyclic) bond motifs is 1. The van der Waals surface area contributed by atoms with E-state index in [1.54, 1.807) is 36.4 Å². The highest BCUT2D eigenvalue weighted by Crippen LogP contribution is 2.35. The topological polar surface area (TPSA) is 97.0 Å². The number of halogens is 1. The van der Waals surface area contributed by atoms with Crippen molar-refractivity contribution in [3.05, 3.63) is 53.1 Å². The van der Waals surface area contributed by atoms with Gasteiger partial charge in [0.15, 0.2) is 11.5 Å². The van der Waals surface area contributed by atoms with Crippen molar-refractivity contribution in [3.63, 3.8) is 0 Å². The number of benzene rings is 2. The number of carbonyl (C=O) groups is 3. The van der Waals surface area contributed by atoms with Gasteiger partial charge in [-0.2, -0.15) is 0 Å². The molecule has 29 heavy (non-hydrogen) atoms. The number of ether oxygens (including phenoxy) is 2. The largest absolute Gasteiger partial charge is 0.486 e. The first-order valence-corrected chi connectivity index (χ1v) is 9.45. The number of amides is 3. The first kappa shape index (κ1) is 19.1. The lowest BCUT2D eigenvalue weighted by molar-refractivity contribution is -0.126. The summed E-state index contributed by atoms with van der Waals surface area (Å²) in [5, 5.41) is 0.417. The van der Waals surface area contributed by atoms with E-state index in [-0.39, 0.29) is 18.9 Å². The second-order valence-electron chi connectivity index (χ2n) is 6.69. The van der Waals surface area contributed by atoms with Crippen LogP contribution in [0.4, 0.5) is 5.69 Å². The number of nitrogens with one attached hydrogen (secondary N) is 2. The number of hydrazine groups is 1. The molecule has 8 nitrogen and oxygen atoms in total. The summed E-state index contributed by atoms with van der Waals surface area (Å²) in [6, 6.07) is 11.6. The maximum atomic E-state index is 12.4. The zero-order valence-electron chi connectivity index (χ0n) is 15.3. The van der Waals surface area contributed by atoms with E-state index in [0.29, 0.717) is 41.0 Å². The summed E-state index contributed by atoms with van der Waals surface area (Å²) < 4.78 is 11.0. The molecule has 0 unspecified atom stereocenters. The van der Waals surface area contributed by atoms with Gasteiger partial charge in [-0.15, -0.1) is 0 Å². The summed E-state index contributed by atoms with van der Waals surface area (Å²) in [6.45, 7) is 1.14. The van der Waals surface area contributed by atoms with E-state index in [1.165, 1.54) is 11.0 Å². The van der Waals surface area contributed by atoms with Crippen molar-refractivity contribution in [2.24, 2.45) is 5.92 Å². The minimum absolute atomic E-state index is 0.0489. The van der Waals surface area contributed by atoms with E-state index in [1.807, 2.05) is 0 Å². The molecule has 0 aliphatic carbocycles. The zero-order valence-corrected chi connectivity index (χ0v) is 16.1. The monoisotopic (exact) mass is 415 g/mol. The summed E-state index contributed by atoms with van der Waals surface area (Å²) in [6.07, 6.45) is 0.0489. The summed E-state index contributed by atoms with van der Waals surface area (Å²) in [5.74, 6) is -0.492. The molecule has 2 aromatic rings. The summed E-state index contributed by atoms with van der Waals surface area (Å²) in [7, 11) is 0. The van der Waals surface area contributed by atoms with Gasteiger partial charge in [-0.1, -0.05) is 17.7 Å². The minimum Gasteiger partial charge on any atom is -0.486 e. The third-order valence-electron chi connectivity index (χ3n) is 4.72. The Hall–Kier alpha value is -3.26. The highest BCUT2D eigenvalue weighted by atomic mass is 35.5. The normalized spacial score (nSPS) is 17.8. The summed E-state index contributed by atoms with van der Waals surface area (Å²) >= 11 is 5.86. The molecule has 3 amide bonds. The van der Waals surface area contributed by atoms with Crippen molar-refractivity contribution in [3.8, 4) is 11.5 Å². The molecule has 1 fully saturated rings. The van der Waals surface area contributed by atoms with Gasteiger partial charge in [0, 0.05) is 35.3 Å². The lowest BCUT2D eigenvalue weighted by atomic mass is 10.1. The van der Waals surface area contributed by atoms with Crippen molar-refractivity contribution in [1.82, 2.24) is 10.9 Å². The Balaban J connectivity index is 1.37. The molecule has 2 aliphatic rings. The highest BCUT2D eigenvalue weighted by molar-refractivity contribution is 6.31. The number of nitrogens with zero attached hydrogens (tertiary/aromatic N) is 1. The molecule has 4 rings (SSSR count). The van der Waals surface area contributed by atoms with Crippen molar-refractivity contribution in [2.45, 2.75) is 6.42 Å². The lowest BCUT2D eigenvalue weighted by Crippen LogP contribution is -2.45. The molecule has 0 bridgehead atoms. The maximum absolute atomic E-state index is 12.4. The van der Waals surface area contributed by atoms with Crippen molar-refractivity contribution in [2.75, 3.05) is 24.7 Å². The molecule has 0 aromatic heterocycles. The number of carbonyl (C=O) groups excluding carboxylic acids is 3. The van der Waals surface area contributed by atoms with Crippen LogP contribution in [0.1, 0.15) is 16.8 Å². The Morgan fingerprint density at radius 1 is 1.03 bits per heavy atom. The van der Waals surface area contributed by atoms with Gasteiger partial charge in [0.05, 0.1) is 5.92 Å². The van der Waals surface area contributed by atoms with Crippen LogP contribution in [0.3, 0.4) is 0 Å². The van der Waals surface area contributed by atoms with E-state index in [0.717, 1.165) is 0 Å². The van der Waals surface area contributed by atoms with Crippen LogP contribution < -0.4 is 25.2 Å². The molecule has 1 saturated heterocycles. The third kappa shape index (κ3) is 4.12. The highest BCUT2D eigenvalue weighted by Gasteiger charge is 2.35. The second-order valence-corrected chi connectivity index (χ2v) is 7.12. The van der Waals surface area contributed by atoms with E-state index >= 15 is 0 Å². The van der Waals surface area contributed by atoms with Gasteiger partial charge in [0.2, 0.25) is 11.8 Å². The molecule has 2 N–H and O–H groups in total.